The van der Waals surface area contributed by atoms with Gasteiger partial charge in [0.2, 0.25) is 5.24 Å². The topological polar surface area (TPSA) is 52.0 Å². The molecule has 0 atom stereocenters. The minimum absolute atomic E-state index is 0.0499. The first-order chi connectivity index (χ1) is 7.58. The zero-order valence-corrected chi connectivity index (χ0v) is 9.50. The van der Waals surface area contributed by atoms with Crippen molar-refractivity contribution < 1.29 is 4.79 Å². The molecule has 16 heavy (non-hydrogen) atoms. The van der Waals surface area contributed by atoms with Crippen molar-refractivity contribution >= 4 is 39.3 Å². The lowest BCUT2D eigenvalue weighted by atomic mass is 10.2. The van der Waals surface area contributed by atoms with E-state index in [9.17, 15) is 9.59 Å². The van der Waals surface area contributed by atoms with Crippen LogP contribution in [0.15, 0.2) is 29.3 Å². The van der Waals surface area contributed by atoms with Gasteiger partial charge in [0.25, 0.3) is 5.56 Å². The fraction of sp³-hybridized carbons (Fsp3) is 0.100. The Morgan fingerprint density at radius 2 is 2.19 bits per heavy atom. The van der Waals surface area contributed by atoms with E-state index in [4.69, 9.17) is 23.2 Å². The van der Waals surface area contributed by atoms with E-state index in [1.54, 1.807) is 18.2 Å². The Morgan fingerprint density at radius 3 is 2.88 bits per heavy atom. The minimum Gasteiger partial charge on any atom is -0.323 e. The summed E-state index contributed by atoms with van der Waals surface area (Å²) in [6.07, 6.45) is 1.28. The van der Waals surface area contributed by atoms with Crippen LogP contribution in [-0.2, 0) is 11.3 Å². The average Bonchev–Trinajstić information content (AvgIpc) is 2.22. The second kappa shape index (κ2) is 4.23. The van der Waals surface area contributed by atoms with E-state index >= 15 is 0 Å². The maximum absolute atomic E-state index is 11.4. The van der Waals surface area contributed by atoms with Crippen LogP contribution in [0.25, 0.3) is 10.9 Å². The highest BCUT2D eigenvalue weighted by molar-refractivity contribution is 6.63. The second-order valence-corrected chi connectivity index (χ2v) is 4.05. The number of carbonyl (C=O) groups is 1. The number of fused-ring (bicyclic) bond motifs is 1. The fourth-order valence-electron chi connectivity index (χ4n) is 1.44. The summed E-state index contributed by atoms with van der Waals surface area (Å²) in [5.41, 5.74) is 0.187. The van der Waals surface area contributed by atoms with E-state index in [0.29, 0.717) is 15.9 Å². The molecule has 0 N–H and O–H groups in total. The predicted octanol–water partition coefficient (Wildman–Crippen LogP) is 1.82. The van der Waals surface area contributed by atoms with Crippen molar-refractivity contribution in [3.8, 4) is 0 Å². The number of halogens is 2. The Balaban J connectivity index is 2.75. The van der Waals surface area contributed by atoms with Gasteiger partial charge in [0.1, 0.15) is 0 Å². The standard InChI is InChI=1S/C10H6Cl2N2O2/c11-6-1-2-7-8(3-6)14(4-9(12)15)5-13-10(7)16/h1-3,5H,4H2. The van der Waals surface area contributed by atoms with Crippen LogP contribution in [0.5, 0.6) is 0 Å². The van der Waals surface area contributed by atoms with Crippen molar-refractivity contribution in [1.82, 2.24) is 9.55 Å². The van der Waals surface area contributed by atoms with Crippen molar-refractivity contribution in [1.29, 1.82) is 0 Å². The number of hydrogen-bond donors (Lipinski definition) is 0. The van der Waals surface area contributed by atoms with Crippen molar-refractivity contribution in [2.24, 2.45) is 0 Å². The van der Waals surface area contributed by atoms with E-state index in [0.717, 1.165) is 0 Å². The molecule has 1 heterocycles. The molecule has 0 amide bonds. The van der Waals surface area contributed by atoms with E-state index in [2.05, 4.69) is 4.98 Å². The van der Waals surface area contributed by atoms with Crippen LogP contribution in [0.4, 0.5) is 0 Å². The molecular formula is C10H6Cl2N2O2. The molecule has 0 unspecified atom stereocenters. The molecular weight excluding hydrogens is 251 g/mol. The van der Waals surface area contributed by atoms with Gasteiger partial charge >= 0.3 is 0 Å². The first kappa shape index (κ1) is 11.1. The molecule has 0 saturated heterocycles. The summed E-state index contributed by atoms with van der Waals surface area (Å²) in [5, 5.41) is 0.352. The van der Waals surface area contributed by atoms with E-state index in [-0.39, 0.29) is 12.1 Å². The third-order valence-electron chi connectivity index (χ3n) is 2.11. The lowest BCUT2D eigenvalue weighted by Gasteiger charge is -2.07. The third kappa shape index (κ3) is 2.08. The van der Waals surface area contributed by atoms with Gasteiger partial charge in [0.05, 0.1) is 23.8 Å². The van der Waals surface area contributed by atoms with Crippen molar-refractivity contribution in [2.45, 2.75) is 6.54 Å². The molecule has 2 aromatic rings. The predicted molar refractivity (Wildman–Crippen MR) is 61.9 cm³/mol. The third-order valence-corrected chi connectivity index (χ3v) is 2.46. The largest absolute Gasteiger partial charge is 0.323 e. The zero-order valence-electron chi connectivity index (χ0n) is 7.98. The summed E-state index contributed by atoms with van der Waals surface area (Å²) in [7, 11) is 0. The summed E-state index contributed by atoms with van der Waals surface area (Å²) in [4.78, 5) is 25.9. The van der Waals surface area contributed by atoms with Crippen molar-refractivity contribution in [2.75, 3.05) is 0 Å². The van der Waals surface area contributed by atoms with Gasteiger partial charge in [-0.05, 0) is 29.8 Å². The second-order valence-electron chi connectivity index (χ2n) is 3.19. The van der Waals surface area contributed by atoms with Crippen LogP contribution in [0, 0.1) is 0 Å². The van der Waals surface area contributed by atoms with Crippen LogP contribution in [0.1, 0.15) is 0 Å². The molecule has 1 aromatic heterocycles. The number of aromatic nitrogens is 2. The SMILES string of the molecule is O=C(Cl)Cn1cnc(=O)c2ccc(Cl)cc21. The summed E-state index contributed by atoms with van der Waals surface area (Å²) in [6, 6.07) is 4.77. The first-order valence-corrected chi connectivity index (χ1v) is 5.16. The normalized spacial score (nSPS) is 10.6. The molecule has 0 bridgehead atoms. The van der Waals surface area contributed by atoms with Gasteiger partial charge in [-0.15, -0.1) is 0 Å². The van der Waals surface area contributed by atoms with Gasteiger partial charge in [-0.2, -0.15) is 4.98 Å². The summed E-state index contributed by atoms with van der Waals surface area (Å²) in [6.45, 7) is -0.0499. The highest BCUT2D eigenvalue weighted by atomic mass is 35.5. The quantitative estimate of drug-likeness (QED) is 0.771. The Labute approximate surface area is 100 Å². The van der Waals surface area contributed by atoms with Crippen LogP contribution in [-0.4, -0.2) is 14.8 Å². The van der Waals surface area contributed by atoms with Crippen LogP contribution in [0.3, 0.4) is 0 Å². The zero-order chi connectivity index (χ0) is 11.7. The average molecular weight is 257 g/mol. The number of rotatable bonds is 2. The van der Waals surface area contributed by atoms with Crippen LogP contribution < -0.4 is 5.56 Å². The summed E-state index contributed by atoms with van der Waals surface area (Å²) >= 11 is 11.1. The van der Waals surface area contributed by atoms with E-state index in [1.165, 1.54) is 10.9 Å². The number of carbonyl (C=O) groups excluding carboxylic acids is 1. The monoisotopic (exact) mass is 256 g/mol. The van der Waals surface area contributed by atoms with Crippen molar-refractivity contribution in [3.05, 3.63) is 39.9 Å². The van der Waals surface area contributed by atoms with Crippen LogP contribution in [0.2, 0.25) is 5.02 Å². The highest BCUT2D eigenvalue weighted by Crippen LogP contribution is 2.16. The fourth-order valence-corrected chi connectivity index (χ4v) is 1.73. The van der Waals surface area contributed by atoms with E-state index in [1.807, 2.05) is 0 Å². The van der Waals surface area contributed by atoms with Gasteiger partial charge in [-0.25, -0.2) is 0 Å². The van der Waals surface area contributed by atoms with Crippen LogP contribution >= 0.6 is 23.2 Å². The molecule has 0 aliphatic heterocycles. The van der Waals surface area contributed by atoms with E-state index < -0.39 is 5.24 Å². The van der Waals surface area contributed by atoms with Gasteiger partial charge in [-0.1, -0.05) is 11.6 Å². The molecule has 6 heteroatoms. The van der Waals surface area contributed by atoms with Crippen molar-refractivity contribution in [3.63, 3.8) is 0 Å². The lowest BCUT2D eigenvalue weighted by molar-refractivity contribution is -0.112. The number of nitrogens with zero attached hydrogens (tertiary/aromatic N) is 2. The molecule has 0 saturated carbocycles. The summed E-state index contributed by atoms with van der Waals surface area (Å²) in [5.74, 6) is 0. The molecule has 0 spiro atoms. The summed E-state index contributed by atoms with van der Waals surface area (Å²) < 4.78 is 1.48. The molecule has 4 nitrogen and oxygen atoms in total. The van der Waals surface area contributed by atoms with Gasteiger partial charge in [-0.3, -0.25) is 9.59 Å². The van der Waals surface area contributed by atoms with Gasteiger partial charge in [0.15, 0.2) is 0 Å². The van der Waals surface area contributed by atoms with Gasteiger partial charge in [0, 0.05) is 5.02 Å². The number of hydrogen-bond acceptors (Lipinski definition) is 3. The Kier molecular flexibility index (Phi) is 2.94. The maximum atomic E-state index is 11.4. The minimum atomic E-state index is -0.535. The lowest BCUT2D eigenvalue weighted by Crippen LogP contribution is -2.14. The highest BCUT2D eigenvalue weighted by Gasteiger charge is 2.06. The Hall–Kier alpha value is -1.39. The number of benzene rings is 1. The molecule has 0 radical (unpaired) electrons. The molecule has 1 aromatic carbocycles. The molecule has 0 aliphatic rings. The molecule has 0 fully saturated rings. The maximum Gasteiger partial charge on any atom is 0.280 e. The smallest absolute Gasteiger partial charge is 0.280 e. The van der Waals surface area contributed by atoms with Gasteiger partial charge < -0.3 is 4.57 Å². The molecule has 0 aliphatic carbocycles. The Bertz CT molecular complexity index is 622. The molecule has 82 valence electrons. The molecule has 2 rings (SSSR count). The first-order valence-electron chi connectivity index (χ1n) is 4.41. The Morgan fingerprint density at radius 1 is 1.44 bits per heavy atom.